The van der Waals surface area contributed by atoms with E-state index >= 15 is 0 Å². The first kappa shape index (κ1) is 54.6. The van der Waals surface area contributed by atoms with Crippen LogP contribution in [0.4, 0.5) is 0 Å². The van der Waals surface area contributed by atoms with Crippen LogP contribution in [-0.4, -0.2) is 37.2 Å². The fraction of sp³-hybridized carbons (Fsp3) is 0.528. The normalized spacial score (nSPS) is 13.3. The van der Waals surface area contributed by atoms with Gasteiger partial charge in [0.2, 0.25) is 0 Å². The van der Waals surface area contributed by atoms with Crippen molar-refractivity contribution in [3.05, 3.63) is 134 Å². The molecule has 0 aromatic carbocycles. The first-order valence-electron chi connectivity index (χ1n) is 22.8. The smallest absolute Gasteiger partial charge is 0.306 e. The minimum absolute atomic E-state index is 0.119. The molecule has 0 saturated heterocycles. The molecule has 0 N–H and O–H groups in total. The maximum Gasteiger partial charge on any atom is 0.306 e. The number of hydrogen-bond acceptors (Lipinski definition) is 6. The second-order valence-electron chi connectivity index (χ2n) is 14.4. The Morgan fingerprint density at radius 3 is 0.966 bits per heavy atom. The number of ether oxygens (including phenoxy) is 3. The van der Waals surface area contributed by atoms with Gasteiger partial charge in [-0.25, -0.2) is 0 Å². The van der Waals surface area contributed by atoms with Crippen molar-refractivity contribution in [2.24, 2.45) is 0 Å². The van der Waals surface area contributed by atoms with Gasteiger partial charge in [0.1, 0.15) is 13.2 Å². The molecule has 1 atom stereocenters. The van der Waals surface area contributed by atoms with Gasteiger partial charge in [-0.05, 0) is 77.0 Å². The van der Waals surface area contributed by atoms with Gasteiger partial charge in [-0.2, -0.15) is 0 Å². The molecule has 6 nitrogen and oxygen atoms in total. The number of unbranched alkanes of at least 4 members (excludes halogenated alkanes) is 13. The first-order chi connectivity index (χ1) is 29.0. The zero-order valence-corrected chi connectivity index (χ0v) is 37.2. The Hall–Kier alpha value is -4.45. The third-order valence-electron chi connectivity index (χ3n) is 8.88. The van der Waals surface area contributed by atoms with Crippen molar-refractivity contribution in [2.45, 2.75) is 168 Å². The summed E-state index contributed by atoms with van der Waals surface area (Å²) in [6.45, 7) is 6.10. The summed E-state index contributed by atoms with van der Waals surface area (Å²) in [6.07, 6.45) is 64.3. The Morgan fingerprint density at radius 2 is 0.610 bits per heavy atom. The summed E-state index contributed by atoms with van der Waals surface area (Å²) in [6, 6.07) is 0. The molecule has 0 spiro atoms. The largest absolute Gasteiger partial charge is 0.462 e. The highest BCUT2D eigenvalue weighted by Gasteiger charge is 2.19. The van der Waals surface area contributed by atoms with Gasteiger partial charge in [0.15, 0.2) is 6.10 Å². The van der Waals surface area contributed by atoms with Crippen LogP contribution in [0.2, 0.25) is 0 Å². The Labute approximate surface area is 360 Å². The third kappa shape index (κ3) is 44.5. The van der Waals surface area contributed by atoms with E-state index in [1.807, 2.05) is 72.9 Å². The SMILES string of the molecule is CC/C=C/C=C/C=C/C=C/CCCCCC(=O)OCC(COC(=O)CCCCCCCCC/C=C/C=C/C=C/CC)OC(=O)CCCCC/C=C/C=C/C=C/C=C/CC. The summed E-state index contributed by atoms with van der Waals surface area (Å²) in [7, 11) is 0. The first-order valence-corrected chi connectivity index (χ1v) is 22.8. The van der Waals surface area contributed by atoms with Crippen molar-refractivity contribution in [2.75, 3.05) is 13.2 Å². The van der Waals surface area contributed by atoms with E-state index in [1.54, 1.807) is 0 Å². The molecule has 0 fully saturated rings. The van der Waals surface area contributed by atoms with Crippen molar-refractivity contribution in [1.29, 1.82) is 0 Å². The van der Waals surface area contributed by atoms with Crippen LogP contribution in [0.5, 0.6) is 0 Å². The standard InChI is InChI=1S/C53H80O6/c1-4-7-10-13-16-19-22-25-26-29-31-34-37-40-43-46-52(55)58-49-50(59-53(56)47-44-41-38-35-32-28-24-21-18-15-12-9-6-3)48-57-51(54)45-42-39-36-33-30-27-23-20-17-14-11-8-5-2/h7-24,27-28,30,32,50H,4-6,25-26,29,31,33-49H2,1-3H3/b10-7+,11-8+,12-9+,16-13+,17-14+,18-15+,22-19+,23-20+,24-21+,30-27+,32-28+. The van der Waals surface area contributed by atoms with E-state index in [9.17, 15) is 14.4 Å². The third-order valence-corrected chi connectivity index (χ3v) is 8.88. The topological polar surface area (TPSA) is 78.9 Å². The summed E-state index contributed by atoms with van der Waals surface area (Å²) in [5.41, 5.74) is 0. The van der Waals surface area contributed by atoms with E-state index in [1.165, 1.54) is 19.3 Å². The highest BCUT2D eigenvalue weighted by Crippen LogP contribution is 2.12. The predicted octanol–water partition coefficient (Wildman–Crippen LogP) is 14.7. The lowest BCUT2D eigenvalue weighted by atomic mass is 10.1. The summed E-state index contributed by atoms with van der Waals surface area (Å²) in [5.74, 6) is -1.03. The fourth-order valence-corrected chi connectivity index (χ4v) is 5.52. The fourth-order valence-electron chi connectivity index (χ4n) is 5.52. The van der Waals surface area contributed by atoms with Gasteiger partial charge >= 0.3 is 17.9 Å². The van der Waals surface area contributed by atoms with Crippen molar-refractivity contribution in [1.82, 2.24) is 0 Å². The number of esters is 3. The van der Waals surface area contributed by atoms with Gasteiger partial charge in [0, 0.05) is 19.3 Å². The minimum Gasteiger partial charge on any atom is -0.462 e. The second kappa shape index (κ2) is 46.2. The average Bonchev–Trinajstić information content (AvgIpc) is 3.23. The van der Waals surface area contributed by atoms with Crippen molar-refractivity contribution < 1.29 is 28.6 Å². The molecule has 0 aromatic heterocycles. The number of allylic oxidation sites excluding steroid dienone is 22. The van der Waals surface area contributed by atoms with Crippen LogP contribution >= 0.6 is 0 Å². The van der Waals surface area contributed by atoms with Gasteiger partial charge in [0.25, 0.3) is 0 Å². The van der Waals surface area contributed by atoms with Gasteiger partial charge < -0.3 is 14.2 Å². The molecular formula is C53H80O6. The number of rotatable bonds is 38. The molecular weight excluding hydrogens is 733 g/mol. The van der Waals surface area contributed by atoms with Gasteiger partial charge in [-0.1, -0.05) is 199 Å². The van der Waals surface area contributed by atoms with E-state index in [2.05, 4.69) is 81.5 Å². The van der Waals surface area contributed by atoms with Crippen LogP contribution < -0.4 is 0 Å². The van der Waals surface area contributed by atoms with Crippen LogP contribution in [0.3, 0.4) is 0 Å². The van der Waals surface area contributed by atoms with E-state index in [0.29, 0.717) is 19.3 Å². The van der Waals surface area contributed by atoms with Crippen LogP contribution in [0, 0.1) is 0 Å². The average molecular weight is 813 g/mol. The van der Waals surface area contributed by atoms with Gasteiger partial charge in [-0.15, -0.1) is 0 Å². The molecule has 0 bridgehead atoms. The van der Waals surface area contributed by atoms with Crippen molar-refractivity contribution >= 4 is 17.9 Å². The monoisotopic (exact) mass is 813 g/mol. The zero-order chi connectivity index (χ0) is 43.0. The lowest BCUT2D eigenvalue weighted by Gasteiger charge is -2.18. The lowest BCUT2D eigenvalue weighted by molar-refractivity contribution is -0.167. The Kier molecular flexibility index (Phi) is 42.8. The van der Waals surface area contributed by atoms with Crippen LogP contribution in [0.1, 0.15) is 162 Å². The molecule has 1 unspecified atom stereocenters. The quantitative estimate of drug-likeness (QED) is 0.0267. The molecule has 0 aliphatic carbocycles. The minimum atomic E-state index is -0.823. The van der Waals surface area contributed by atoms with Crippen LogP contribution in [-0.2, 0) is 28.6 Å². The van der Waals surface area contributed by atoms with E-state index in [0.717, 1.165) is 96.3 Å². The van der Waals surface area contributed by atoms with Gasteiger partial charge in [0.05, 0.1) is 0 Å². The van der Waals surface area contributed by atoms with Crippen LogP contribution in [0.15, 0.2) is 134 Å². The molecule has 59 heavy (non-hydrogen) atoms. The number of carbonyl (C=O) groups excluding carboxylic acids is 3. The molecule has 0 radical (unpaired) electrons. The molecule has 0 aliphatic rings. The van der Waals surface area contributed by atoms with Crippen molar-refractivity contribution in [3.63, 3.8) is 0 Å². The Bertz CT molecular complexity index is 1350. The maximum absolute atomic E-state index is 12.7. The highest BCUT2D eigenvalue weighted by atomic mass is 16.6. The van der Waals surface area contributed by atoms with E-state index in [4.69, 9.17) is 14.2 Å². The summed E-state index contributed by atoms with van der Waals surface area (Å²) >= 11 is 0. The lowest BCUT2D eigenvalue weighted by Crippen LogP contribution is -2.30. The summed E-state index contributed by atoms with van der Waals surface area (Å²) in [5, 5.41) is 0. The van der Waals surface area contributed by atoms with E-state index in [-0.39, 0.29) is 37.5 Å². The Balaban J connectivity index is 4.56. The molecule has 0 aromatic rings. The van der Waals surface area contributed by atoms with E-state index < -0.39 is 6.10 Å². The molecule has 0 rings (SSSR count). The highest BCUT2D eigenvalue weighted by molar-refractivity contribution is 5.71. The summed E-state index contributed by atoms with van der Waals surface area (Å²) < 4.78 is 16.6. The predicted molar refractivity (Wildman–Crippen MR) is 251 cm³/mol. The molecule has 0 saturated carbocycles. The second-order valence-corrected chi connectivity index (χ2v) is 14.4. The van der Waals surface area contributed by atoms with Gasteiger partial charge in [-0.3, -0.25) is 14.4 Å². The molecule has 0 heterocycles. The Morgan fingerprint density at radius 1 is 0.339 bits per heavy atom. The number of hydrogen-bond donors (Lipinski definition) is 0. The molecule has 6 heteroatoms. The number of carbonyl (C=O) groups is 3. The molecule has 0 amide bonds. The maximum atomic E-state index is 12.7. The summed E-state index contributed by atoms with van der Waals surface area (Å²) in [4.78, 5) is 37.8. The van der Waals surface area contributed by atoms with Crippen LogP contribution in [0.25, 0.3) is 0 Å². The molecule has 328 valence electrons. The van der Waals surface area contributed by atoms with Crippen molar-refractivity contribution in [3.8, 4) is 0 Å². The molecule has 0 aliphatic heterocycles. The zero-order valence-electron chi connectivity index (χ0n) is 37.2.